The normalized spacial score (nSPS) is 12.0. The van der Waals surface area contributed by atoms with Crippen LogP contribution in [-0.4, -0.2) is 17.8 Å². The SMILES string of the molecule is O=S(=O)(Nc1c(F)cccc1Br)c1c(Cl)nc2sccn12. The number of halogens is 3. The lowest BCUT2D eigenvalue weighted by atomic mass is 10.3. The van der Waals surface area contributed by atoms with E-state index in [1.54, 1.807) is 5.38 Å². The summed E-state index contributed by atoms with van der Waals surface area (Å²) < 4.78 is 42.5. The van der Waals surface area contributed by atoms with Gasteiger partial charge in [0.1, 0.15) is 5.82 Å². The number of para-hydroxylation sites is 1. The lowest BCUT2D eigenvalue weighted by molar-refractivity contribution is 0.594. The summed E-state index contributed by atoms with van der Waals surface area (Å²) >= 11 is 10.2. The molecule has 0 radical (unpaired) electrons. The third kappa shape index (κ3) is 2.54. The molecule has 5 nitrogen and oxygen atoms in total. The zero-order chi connectivity index (χ0) is 15.2. The quantitative estimate of drug-likeness (QED) is 0.715. The van der Waals surface area contributed by atoms with E-state index in [1.165, 1.54) is 34.1 Å². The molecule has 0 saturated carbocycles. The van der Waals surface area contributed by atoms with Crippen LogP contribution in [0.4, 0.5) is 10.1 Å². The standard InChI is InChI=1S/C11H6BrClFN3O2S2/c12-6-2-1-3-7(14)8(6)16-21(18,19)10-9(13)15-11-17(10)4-5-20-11/h1-5,16H. The van der Waals surface area contributed by atoms with Gasteiger partial charge in [0.05, 0.1) is 5.69 Å². The van der Waals surface area contributed by atoms with Crippen molar-refractivity contribution in [2.45, 2.75) is 5.03 Å². The fourth-order valence-electron chi connectivity index (χ4n) is 1.76. The highest BCUT2D eigenvalue weighted by atomic mass is 79.9. The molecule has 2 heterocycles. The topological polar surface area (TPSA) is 63.5 Å². The van der Waals surface area contributed by atoms with Gasteiger partial charge in [-0.25, -0.2) is 9.37 Å². The molecule has 0 amide bonds. The number of thiazole rings is 1. The first-order valence-electron chi connectivity index (χ1n) is 5.48. The third-order valence-corrected chi connectivity index (χ3v) is 5.80. The molecule has 0 saturated heterocycles. The van der Waals surface area contributed by atoms with Crippen molar-refractivity contribution in [1.29, 1.82) is 0 Å². The second kappa shape index (κ2) is 5.24. The Morgan fingerprint density at radius 3 is 2.90 bits per heavy atom. The van der Waals surface area contributed by atoms with E-state index in [0.29, 0.717) is 4.96 Å². The number of imidazole rings is 1. The molecule has 3 aromatic rings. The number of nitrogens with zero attached hydrogens (tertiary/aromatic N) is 2. The highest BCUT2D eigenvalue weighted by molar-refractivity contribution is 9.10. The first-order valence-corrected chi connectivity index (χ1v) is 9.01. The van der Waals surface area contributed by atoms with E-state index in [2.05, 4.69) is 25.6 Å². The fourth-order valence-corrected chi connectivity index (χ4v) is 4.87. The van der Waals surface area contributed by atoms with E-state index in [0.717, 1.165) is 6.07 Å². The largest absolute Gasteiger partial charge is 0.281 e. The molecule has 3 rings (SSSR count). The Labute approximate surface area is 136 Å². The van der Waals surface area contributed by atoms with E-state index in [4.69, 9.17) is 11.6 Å². The molecule has 2 aromatic heterocycles. The Hall–Kier alpha value is -1.16. The van der Waals surface area contributed by atoms with Crippen LogP contribution >= 0.6 is 38.9 Å². The van der Waals surface area contributed by atoms with Gasteiger partial charge in [-0.2, -0.15) is 8.42 Å². The molecule has 1 N–H and O–H groups in total. The van der Waals surface area contributed by atoms with Gasteiger partial charge in [0, 0.05) is 16.0 Å². The average molecular weight is 411 g/mol. The average Bonchev–Trinajstić information content (AvgIpc) is 2.93. The molecule has 0 aliphatic heterocycles. The molecule has 0 spiro atoms. The molecule has 0 atom stereocenters. The number of fused-ring (bicyclic) bond motifs is 1. The van der Waals surface area contributed by atoms with Crippen molar-refractivity contribution >= 4 is 59.5 Å². The van der Waals surface area contributed by atoms with Crippen LogP contribution in [0, 0.1) is 5.82 Å². The Bertz CT molecular complexity index is 918. The van der Waals surface area contributed by atoms with E-state index in [-0.39, 0.29) is 20.3 Å². The molecular formula is C11H6BrClFN3O2S2. The minimum atomic E-state index is -4.09. The first kappa shape index (κ1) is 14.8. The number of benzene rings is 1. The summed E-state index contributed by atoms with van der Waals surface area (Å²) in [5.41, 5.74) is -0.182. The van der Waals surface area contributed by atoms with Crippen LogP contribution in [0.5, 0.6) is 0 Å². The van der Waals surface area contributed by atoms with Gasteiger partial charge in [-0.05, 0) is 28.1 Å². The minimum absolute atomic E-state index is 0.165. The van der Waals surface area contributed by atoms with Crippen LogP contribution in [0.25, 0.3) is 4.96 Å². The van der Waals surface area contributed by atoms with Crippen LogP contribution in [0.3, 0.4) is 0 Å². The number of hydrogen-bond donors (Lipinski definition) is 1. The summed E-state index contributed by atoms with van der Waals surface area (Å²) in [7, 11) is -4.09. The fraction of sp³-hybridized carbons (Fsp3) is 0. The van der Waals surface area contributed by atoms with Crippen molar-refractivity contribution in [1.82, 2.24) is 9.38 Å². The number of anilines is 1. The Balaban J connectivity index is 2.13. The van der Waals surface area contributed by atoms with Crippen molar-refractivity contribution < 1.29 is 12.8 Å². The number of hydrogen-bond acceptors (Lipinski definition) is 4. The zero-order valence-electron chi connectivity index (χ0n) is 10.0. The lowest BCUT2D eigenvalue weighted by Gasteiger charge is -2.10. The number of rotatable bonds is 3. The molecule has 10 heteroatoms. The lowest BCUT2D eigenvalue weighted by Crippen LogP contribution is -2.16. The predicted molar refractivity (Wildman–Crippen MR) is 83.0 cm³/mol. The van der Waals surface area contributed by atoms with Crippen molar-refractivity contribution in [3.8, 4) is 0 Å². The summed E-state index contributed by atoms with van der Waals surface area (Å²) in [6.07, 6.45) is 1.53. The Morgan fingerprint density at radius 1 is 1.43 bits per heavy atom. The first-order chi connectivity index (χ1) is 9.90. The number of sulfonamides is 1. The second-order valence-electron chi connectivity index (χ2n) is 3.97. The second-order valence-corrected chi connectivity index (χ2v) is 7.65. The van der Waals surface area contributed by atoms with Gasteiger partial charge in [0.15, 0.2) is 15.1 Å². The van der Waals surface area contributed by atoms with Crippen LogP contribution in [0.2, 0.25) is 5.15 Å². The maximum absolute atomic E-state index is 13.8. The van der Waals surface area contributed by atoms with Crippen molar-refractivity contribution in [3.63, 3.8) is 0 Å². The van der Waals surface area contributed by atoms with Gasteiger partial charge in [0.25, 0.3) is 10.0 Å². The summed E-state index contributed by atoms with van der Waals surface area (Å²) in [4.78, 5) is 4.39. The molecule has 0 unspecified atom stereocenters. The van der Waals surface area contributed by atoms with E-state index in [9.17, 15) is 12.8 Å². The Kier molecular flexibility index (Phi) is 3.68. The van der Waals surface area contributed by atoms with Gasteiger partial charge in [-0.1, -0.05) is 17.7 Å². The predicted octanol–water partition coefficient (Wildman–Crippen LogP) is 3.75. The van der Waals surface area contributed by atoms with Gasteiger partial charge in [-0.3, -0.25) is 9.12 Å². The summed E-state index contributed by atoms with van der Waals surface area (Å²) in [6, 6.07) is 4.14. The van der Waals surface area contributed by atoms with E-state index in [1.807, 2.05) is 0 Å². The highest BCUT2D eigenvalue weighted by Crippen LogP contribution is 2.31. The van der Waals surface area contributed by atoms with E-state index < -0.39 is 15.8 Å². The summed E-state index contributed by atoms with van der Waals surface area (Å²) in [5.74, 6) is -0.699. The minimum Gasteiger partial charge on any atom is -0.278 e. The molecule has 0 aliphatic carbocycles. The van der Waals surface area contributed by atoms with E-state index >= 15 is 0 Å². The van der Waals surface area contributed by atoms with Crippen molar-refractivity contribution in [2.24, 2.45) is 0 Å². The van der Waals surface area contributed by atoms with Crippen molar-refractivity contribution in [3.05, 3.63) is 45.2 Å². The maximum atomic E-state index is 13.8. The summed E-state index contributed by atoms with van der Waals surface area (Å²) in [5, 5.41) is 1.29. The van der Waals surface area contributed by atoms with Gasteiger partial charge < -0.3 is 0 Å². The zero-order valence-corrected chi connectivity index (χ0v) is 14.0. The van der Waals surface area contributed by atoms with Gasteiger partial charge in [-0.15, -0.1) is 11.3 Å². The van der Waals surface area contributed by atoms with Crippen LogP contribution in [0.15, 0.2) is 39.3 Å². The van der Waals surface area contributed by atoms with Gasteiger partial charge >= 0.3 is 0 Å². The number of aromatic nitrogens is 2. The van der Waals surface area contributed by atoms with Crippen LogP contribution in [-0.2, 0) is 10.0 Å². The Morgan fingerprint density at radius 2 is 2.19 bits per heavy atom. The van der Waals surface area contributed by atoms with Crippen LogP contribution < -0.4 is 4.72 Å². The van der Waals surface area contributed by atoms with Gasteiger partial charge in [0.2, 0.25) is 0 Å². The van der Waals surface area contributed by atoms with Crippen molar-refractivity contribution in [2.75, 3.05) is 4.72 Å². The third-order valence-electron chi connectivity index (χ3n) is 2.63. The molecule has 0 fully saturated rings. The monoisotopic (exact) mass is 409 g/mol. The molecule has 1 aromatic carbocycles. The maximum Gasteiger partial charge on any atom is 0.281 e. The van der Waals surface area contributed by atoms with Crippen LogP contribution in [0.1, 0.15) is 0 Å². The smallest absolute Gasteiger partial charge is 0.278 e. The molecular weight excluding hydrogens is 405 g/mol. The summed E-state index contributed by atoms with van der Waals surface area (Å²) in [6.45, 7) is 0. The molecule has 110 valence electrons. The molecule has 0 bridgehead atoms. The highest BCUT2D eigenvalue weighted by Gasteiger charge is 2.26. The molecule has 0 aliphatic rings. The molecule has 21 heavy (non-hydrogen) atoms. The number of nitrogens with one attached hydrogen (secondary N) is 1.